The number of aromatic hydroxyl groups is 1. The fourth-order valence-electron chi connectivity index (χ4n) is 3.66. The number of aliphatic carboxylic acids is 1. The molecule has 1 heterocycles. The van der Waals surface area contributed by atoms with E-state index in [1.54, 1.807) is 6.08 Å². The first-order valence-corrected chi connectivity index (χ1v) is 7.44. The second kappa shape index (κ2) is 5.01. The molecule has 3 N–H and O–H groups in total. The van der Waals surface area contributed by atoms with Crippen molar-refractivity contribution in [1.82, 2.24) is 0 Å². The SMILES string of the molecule is CC1(C)Oc2cc(C(=O)O)cc(O)c2C2C=C(C(=O)O)CCC21. The molecule has 1 aliphatic heterocycles. The summed E-state index contributed by atoms with van der Waals surface area (Å²) in [7, 11) is 0. The Morgan fingerprint density at radius 1 is 1.22 bits per heavy atom. The van der Waals surface area contributed by atoms with E-state index in [-0.39, 0.29) is 23.1 Å². The third kappa shape index (κ3) is 2.44. The number of ether oxygens (including phenoxy) is 1. The zero-order valence-corrected chi connectivity index (χ0v) is 12.9. The number of rotatable bonds is 2. The summed E-state index contributed by atoms with van der Waals surface area (Å²) >= 11 is 0. The Balaban J connectivity index is 2.19. The summed E-state index contributed by atoms with van der Waals surface area (Å²) in [5, 5.41) is 28.7. The highest BCUT2D eigenvalue weighted by Crippen LogP contribution is 2.53. The van der Waals surface area contributed by atoms with Crippen LogP contribution < -0.4 is 4.74 Å². The van der Waals surface area contributed by atoms with E-state index in [1.807, 2.05) is 13.8 Å². The molecule has 0 saturated heterocycles. The molecule has 3 rings (SSSR count). The molecule has 23 heavy (non-hydrogen) atoms. The van der Waals surface area contributed by atoms with Crippen LogP contribution in [0.1, 0.15) is 48.5 Å². The number of carbonyl (C=O) groups is 2. The zero-order chi connectivity index (χ0) is 16.9. The van der Waals surface area contributed by atoms with Gasteiger partial charge in [-0.3, -0.25) is 0 Å². The first-order chi connectivity index (χ1) is 10.7. The maximum absolute atomic E-state index is 11.3. The van der Waals surface area contributed by atoms with E-state index in [4.69, 9.17) is 9.84 Å². The second-order valence-corrected chi connectivity index (χ2v) is 6.59. The van der Waals surface area contributed by atoms with Crippen LogP contribution in [0.25, 0.3) is 0 Å². The number of hydrogen-bond donors (Lipinski definition) is 3. The lowest BCUT2D eigenvalue weighted by atomic mass is 9.67. The minimum absolute atomic E-state index is 0.0136. The standard InChI is InChI=1S/C17H18O6/c1-17(2)11-4-3-8(15(19)20)5-10(11)14-12(18)6-9(16(21)22)7-13(14)23-17/h5-7,10-11,18H,3-4H2,1-2H3,(H,19,20)(H,21,22). The van der Waals surface area contributed by atoms with Gasteiger partial charge in [-0.1, -0.05) is 6.08 Å². The molecule has 2 atom stereocenters. The van der Waals surface area contributed by atoms with E-state index >= 15 is 0 Å². The molecule has 0 bridgehead atoms. The van der Waals surface area contributed by atoms with Gasteiger partial charge in [-0.2, -0.15) is 0 Å². The van der Waals surface area contributed by atoms with Crippen LogP contribution in [-0.2, 0) is 4.79 Å². The minimum Gasteiger partial charge on any atom is -0.507 e. The summed E-state index contributed by atoms with van der Waals surface area (Å²) in [6.07, 6.45) is 2.75. The Morgan fingerprint density at radius 2 is 1.91 bits per heavy atom. The number of hydrogen-bond acceptors (Lipinski definition) is 4. The van der Waals surface area contributed by atoms with Crippen molar-refractivity contribution in [2.75, 3.05) is 0 Å². The van der Waals surface area contributed by atoms with Crippen molar-refractivity contribution >= 4 is 11.9 Å². The van der Waals surface area contributed by atoms with Crippen molar-refractivity contribution in [2.45, 2.75) is 38.2 Å². The Bertz CT molecular complexity index is 731. The van der Waals surface area contributed by atoms with Crippen molar-refractivity contribution < 1.29 is 29.6 Å². The summed E-state index contributed by atoms with van der Waals surface area (Å²) in [6.45, 7) is 3.80. The predicted octanol–water partition coefficient (Wildman–Crippen LogP) is 2.77. The van der Waals surface area contributed by atoms with E-state index < -0.39 is 17.5 Å². The molecule has 0 radical (unpaired) electrons. The maximum atomic E-state index is 11.3. The molecule has 1 aliphatic carbocycles. The van der Waals surface area contributed by atoms with Crippen LogP contribution in [-0.4, -0.2) is 32.9 Å². The third-order valence-corrected chi connectivity index (χ3v) is 4.78. The highest BCUT2D eigenvalue weighted by atomic mass is 16.5. The summed E-state index contributed by atoms with van der Waals surface area (Å²) in [4.78, 5) is 22.5. The number of phenols is 1. The Hall–Kier alpha value is -2.50. The van der Waals surface area contributed by atoms with E-state index in [1.165, 1.54) is 12.1 Å². The molecule has 0 spiro atoms. The molecule has 6 nitrogen and oxygen atoms in total. The van der Waals surface area contributed by atoms with Gasteiger partial charge in [0.1, 0.15) is 17.1 Å². The predicted molar refractivity (Wildman–Crippen MR) is 81.0 cm³/mol. The molecule has 6 heteroatoms. The van der Waals surface area contributed by atoms with Gasteiger partial charge in [0.2, 0.25) is 0 Å². The van der Waals surface area contributed by atoms with Crippen molar-refractivity contribution in [3.8, 4) is 11.5 Å². The quantitative estimate of drug-likeness (QED) is 0.774. The first kappa shape index (κ1) is 15.4. The van der Waals surface area contributed by atoms with Crippen LogP contribution in [0, 0.1) is 5.92 Å². The molecule has 0 saturated carbocycles. The number of fused-ring (bicyclic) bond motifs is 3. The lowest BCUT2D eigenvalue weighted by molar-refractivity contribution is -0.133. The molecule has 0 amide bonds. The van der Waals surface area contributed by atoms with Crippen LogP contribution >= 0.6 is 0 Å². The second-order valence-electron chi connectivity index (χ2n) is 6.59. The molecular weight excluding hydrogens is 300 g/mol. The number of allylic oxidation sites excluding steroid dienone is 1. The lowest BCUT2D eigenvalue weighted by Gasteiger charge is -2.46. The van der Waals surface area contributed by atoms with Crippen molar-refractivity contribution in [3.63, 3.8) is 0 Å². The van der Waals surface area contributed by atoms with Gasteiger partial charge in [-0.05, 0) is 38.8 Å². The zero-order valence-electron chi connectivity index (χ0n) is 12.9. The number of aromatic carboxylic acids is 1. The molecule has 2 aliphatic rings. The van der Waals surface area contributed by atoms with Gasteiger partial charge in [0, 0.05) is 23.0 Å². The highest BCUT2D eigenvalue weighted by Gasteiger charge is 2.46. The fraction of sp³-hybridized carbons (Fsp3) is 0.412. The van der Waals surface area contributed by atoms with Crippen LogP contribution in [0.5, 0.6) is 11.5 Å². The Kier molecular flexibility index (Phi) is 3.35. The van der Waals surface area contributed by atoms with Gasteiger partial charge in [-0.25, -0.2) is 9.59 Å². The summed E-state index contributed by atoms with van der Waals surface area (Å²) < 4.78 is 5.96. The lowest BCUT2D eigenvalue weighted by Crippen LogP contribution is -2.45. The van der Waals surface area contributed by atoms with Crippen LogP contribution in [0.4, 0.5) is 0 Å². The fourth-order valence-corrected chi connectivity index (χ4v) is 3.66. The normalized spacial score (nSPS) is 24.7. The third-order valence-electron chi connectivity index (χ3n) is 4.78. The first-order valence-electron chi connectivity index (χ1n) is 7.44. The van der Waals surface area contributed by atoms with Gasteiger partial charge < -0.3 is 20.1 Å². The largest absolute Gasteiger partial charge is 0.507 e. The molecule has 0 aromatic heterocycles. The van der Waals surface area contributed by atoms with E-state index in [0.717, 1.165) is 0 Å². The molecule has 1 aromatic rings. The minimum atomic E-state index is -1.16. The molecule has 122 valence electrons. The van der Waals surface area contributed by atoms with E-state index in [9.17, 15) is 19.8 Å². The molecule has 1 aromatic carbocycles. The van der Waals surface area contributed by atoms with Crippen LogP contribution in [0.15, 0.2) is 23.8 Å². The summed E-state index contributed by atoms with van der Waals surface area (Å²) in [5.41, 5.74) is 0.144. The highest BCUT2D eigenvalue weighted by molar-refractivity contribution is 5.89. The van der Waals surface area contributed by atoms with Crippen molar-refractivity contribution in [3.05, 3.63) is 34.9 Å². The van der Waals surface area contributed by atoms with Gasteiger partial charge in [0.15, 0.2) is 0 Å². The van der Waals surface area contributed by atoms with Crippen molar-refractivity contribution in [2.24, 2.45) is 5.92 Å². The number of carboxylic acid groups (broad SMARTS) is 2. The van der Waals surface area contributed by atoms with Gasteiger partial charge in [0.25, 0.3) is 0 Å². The Labute approximate surface area is 133 Å². The number of benzene rings is 1. The summed E-state index contributed by atoms with van der Waals surface area (Å²) in [5.74, 6) is -2.28. The monoisotopic (exact) mass is 318 g/mol. The van der Waals surface area contributed by atoms with E-state index in [2.05, 4.69) is 0 Å². The maximum Gasteiger partial charge on any atom is 0.335 e. The van der Waals surface area contributed by atoms with Gasteiger partial charge in [-0.15, -0.1) is 0 Å². The van der Waals surface area contributed by atoms with Gasteiger partial charge >= 0.3 is 11.9 Å². The summed E-state index contributed by atoms with van der Waals surface area (Å²) in [6, 6.07) is 2.57. The smallest absolute Gasteiger partial charge is 0.335 e. The average molecular weight is 318 g/mol. The number of carboxylic acids is 2. The molecule has 0 fully saturated rings. The van der Waals surface area contributed by atoms with E-state index in [0.29, 0.717) is 29.7 Å². The number of phenolic OH excluding ortho intramolecular Hbond substituents is 1. The van der Waals surface area contributed by atoms with Crippen LogP contribution in [0.2, 0.25) is 0 Å². The van der Waals surface area contributed by atoms with Crippen molar-refractivity contribution in [1.29, 1.82) is 0 Å². The Morgan fingerprint density at radius 3 is 2.52 bits per heavy atom. The average Bonchev–Trinajstić information content (AvgIpc) is 2.45. The molecule has 2 unspecified atom stereocenters. The van der Waals surface area contributed by atoms with Gasteiger partial charge in [0.05, 0.1) is 5.56 Å². The van der Waals surface area contributed by atoms with Crippen LogP contribution in [0.3, 0.4) is 0 Å². The molecular formula is C17H18O6. The topological polar surface area (TPSA) is 104 Å².